The van der Waals surface area contributed by atoms with Gasteiger partial charge in [0.15, 0.2) is 0 Å². The van der Waals surface area contributed by atoms with Crippen molar-refractivity contribution in [3.63, 3.8) is 0 Å². The van der Waals surface area contributed by atoms with Crippen molar-refractivity contribution >= 4 is 41.1 Å². The smallest absolute Gasteiger partial charge is 0.313 e. The van der Waals surface area contributed by atoms with Crippen LogP contribution in [0.4, 0.5) is 4.39 Å². The van der Waals surface area contributed by atoms with Crippen LogP contribution in [0.25, 0.3) is 0 Å². The van der Waals surface area contributed by atoms with Gasteiger partial charge in [-0.15, -0.1) is 11.8 Å². The summed E-state index contributed by atoms with van der Waals surface area (Å²) in [7, 11) is 1.58. The molecule has 0 aromatic heterocycles. The normalized spacial score (nSPS) is 20.0. The van der Waals surface area contributed by atoms with Crippen LogP contribution >= 0.6 is 23.4 Å². The third-order valence-electron chi connectivity index (χ3n) is 3.98. The molecule has 25 heavy (non-hydrogen) atoms. The topological polar surface area (TPSA) is 86.7 Å². The Balaban J connectivity index is 2.04. The van der Waals surface area contributed by atoms with Gasteiger partial charge in [-0.3, -0.25) is 14.4 Å². The van der Waals surface area contributed by atoms with E-state index in [1.54, 1.807) is 13.1 Å². The summed E-state index contributed by atoms with van der Waals surface area (Å²) in [5.74, 6) is -2.24. The molecule has 0 radical (unpaired) electrons. The summed E-state index contributed by atoms with van der Waals surface area (Å²) in [4.78, 5) is 36.3. The lowest BCUT2D eigenvalue weighted by Gasteiger charge is -2.25. The Morgan fingerprint density at radius 2 is 2.20 bits per heavy atom. The van der Waals surface area contributed by atoms with Crippen molar-refractivity contribution in [3.8, 4) is 0 Å². The number of rotatable bonds is 7. The molecule has 2 N–H and O–H groups in total. The standard InChI is InChI=1S/C16H18ClFN2O4S/c1-20-13(21)7-10(16(24)19-4-5-25-8-14(22)23)15(20)9-2-3-11(17)12(18)6-9/h2-3,6,10,15H,4-5,7-8H2,1H3,(H,19,24)(H,22,23). The minimum absolute atomic E-state index is 0.0211. The van der Waals surface area contributed by atoms with Crippen LogP contribution in [0.1, 0.15) is 18.0 Å². The Morgan fingerprint density at radius 1 is 1.48 bits per heavy atom. The zero-order valence-electron chi connectivity index (χ0n) is 13.5. The molecule has 136 valence electrons. The highest BCUT2D eigenvalue weighted by Gasteiger charge is 2.42. The molecule has 1 heterocycles. The molecule has 1 saturated heterocycles. The fourth-order valence-electron chi connectivity index (χ4n) is 2.79. The molecule has 6 nitrogen and oxygen atoms in total. The summed E-state index contributed by atoms with van der Waals surface area (Å²) < 4.78 is 13.8. The van der Waals surface area contributed by atoms with Crippen molar-refractivity contribution in [2.24, 2.45) is 5.92 Å². The average Bonchev–Trinajstić information content (AvgIpc) is 2.85. The Labute approximate surface area is 153 Å². The Kier molecular flexibility index (Phi) is 6.66. The fraction of sp³-hybridized carbons (Fsp3) is 0.438. The average molecular weight is 389 g/mol. The molecular weight excluding hydrogens is 371 g/mol. The van der Waals surface area contributed by atoms with E-state index in [0.29, 0.717) is 17.9 Å². The van der Waals surface area contributed by atoms with E-state index < -0.39 is 23.7 Å². The number of hydrogen-bond donors (Lipinski definition) is 2. The molecule has 2 atom stereocenters. The van der Waals surface area contributed by atoms with Gasteiger partial charge < -0.3 is 15.3 Å². The van der Waals surface area contributed by atoms with Crippen LogP contribution in [0.15, 0.2) is 18.2 Å². The second-order valence-corrected chi connectivity index (χ2v) is 7.18. The molecule has 1 aromatic rings. The van der Waals surface area contributed by atoms with E-state index in [0.717, 1.165) is 0 Å². The monoisotopic (exact) mass is 388 g/mol. The third-order valence-corrected chi connectivity index (χ3v) is 5.23. The first-order valence-electron chi connectivity index (χ1n) is 7.59. The quantitative estimate of drug-likeness (QED) is 0.697. The minimum Gasteiger partial charge on any atom is -0.481 e. The molecule has 2 rings (SSSR count). The van der Waals surface area contributed by atoms with Gasteiger partial charge in [0.2, 0.25) is 11.8 Å². The number of nitrogens with zero attached hydrogens (tertiary/aromatic N) is 1. The Hall–Kier alpha value is -1.80. The number of carboxylic acid groups (broad SMARTS) is 1. The van der Waals surface area contributed by atoms with E-state index in [2.05, 4.69) is 5.32 Å². The van der Waals surface area contributed by atoms with Gasteiger partial charge in [0.1, 0.15) is 5.82 Å². The second kappa shape index (κ2) is 8.53. The number of halogens is 2. The number of amides is 2. The van der Waals surface area contributed by atoms with Crippen LogP contribution < -0.4 is 5.32 Å². The molecule has 0 spiro atoms. The molecule has 9 heteroatoms. The van der Waals surface area contributed by atoms with Crippen molar-refractivity contribution in [2.45, 2.75) is 12.5 Å². The molecule has 1 aliphatic rings. The number of carbonyl (C=O) groups is 3. The van der Waals surface area contributed by atoms with E-state index >= 15 is 0 Å². The Morgan fingerprint density at radius 3 is 2.84 bits per heavy atom. The molecule has 1 aromatic carbocycles. The third kappa shape index (κ3) is 4.85. The number of likely N-dealkylation sites (tertiary alicyclic amines) is 1. The highest BCUT2D eigenvalue weighted by molar-refractivity contribution is 7.99. The number of thioether (sulfide) groups is 1. The minimum atomic E-state index is -0.913. The molecule has 0 aliphatic carbocycles. The van der Waals surface area contributed by atoms with Crippen LogP contribution in [0.5, 0.6) is 0 Å². The van der Waals surface area contributed by atoms with Gasteiger partial charge in [-0.2, -0.15) is 0 Å². The number of hydrogen-bond acceptors (Lipinski definition) is 4. The van der Waals surface area contributed by atoms with Gasteiger partial charge in [-0.1, -0.05) is 17.7 Å². The molecule has 0 saturated carbocycles. The maximum absolute atomic E-state index is 13.8. The Bertz CT molecular complexity index is 688. The van der Waals surface area contributed by atoms with Gasteiger partial charge in [-0.25, -0.2) is 4.39 Å². The fourth-order valence-corrected chi connectivity index (χ4v) is 3.48. The maximum atomic E-state index is 13.8. The molecule has 0 bridgehead atoms. The summed E-state index contributed by atoms with van der Waals surface area (Å²) in [6.07, 6.45) is 0.0412. The van der Waals surface area contributed by atoms with E-state index in [4.69, 9.17) is 16.7 Å². The molecule has 2 unspecified atom stereocenters. The van der Waals surface area contributed by atoms with Crippen LogP contribution in [0, 0.1) is 11.7 Å². The number of carboxylic acids is 1. The van der Waals surface area contributed by atoms with Gasteiger partial charge in [0, 0.05) is 25.8 Å². The molecular formula is C16H18ClFN2O4S. The summed E-state index contributed by atoms with van der Waals surface area (Å²) in [6.45, 7) is 0.298. The van der Waals surface area contributed by atoms with Crippen LogP contribution in [0.3, 0.4) is 0 Å². The van der Waals surface area contributed by atoms with Crippen molar-refractivity contribution in [1.29, 1.82) is 0 Å². The number of benzene rings is 1. The summed E-state index contributed by atoms with van der Waals surface area (Å²) >= 11 is 6.88. The van der Waals surface area contributed by atoms with Crippen LogP contribution in [0.2, 0.25) is 5.02 Å². The van der Waals surface area contributed by atoms with E-state index in [9.17, 15) is 18.8 Å². The van der Waals surface area contributed by atoms with Crippen LogP contribution in [-0.4, -0.2) is 52.9 Å². The number of aliphatic carboxylic acids is 1. The predicted octanol–water partition coefficient (Wildman–Crippen LogP) is 1.93. The van der Waals surface area contributed by atoms with Gasteiger partial charge in [-0.05, 0) is 17.7 Å². The van der Waals surface area contributed by atoms with E-state index in [1.807, 2.05) is 0 Å². The highest BCUT2D eigenvalue weighted by Crippen LogP contribution is 2.38. The lowest BCUT2D eigenvalue weighted by Crippen LogP contribution is -2.35. The lowest BCUT2D eigenvalue weighted by molar-refractivity contribution is -0.134. The van der Waals surface area contributed by atoms with E-state index in [1.165, 1.54) is 28.8 Å². The molecule has 1 aliphatic heterocycles. The van der Waals surface area contributed by atoms with Gasteiger partial charge in [0.25, 0.3) is 0 Å². The first-order valence-corrected chi connectivity index (χ1v) is 9.12. The van der Waals surface area contributed by atoms with Gasteiger partial charge in [0.05, 0.1) is 22.7 Å². The lowest BCUT2D eigenvalue weighted by atomic mass is 9.93. The first kappa shape index (κ1) is 19.5. The summed E-state index contributed by atoms with van der Waals surface area (Å²) in [6, 6.07) is 3.69. The second-order valence-electron chi connectivity index (χ2n) is 5.67. The predicted molar refractivity (Wildman–Crippen MR) is 93.0 cm³/mol. The van der Waals surface area contributed by atoms with Gasteiger partial charge >= 0.3 is 5.97 Å². The molecule has 2 amide bonds. The van der Waals surface area contributed by atoms with Crippen molar-refractivity contribution in [3.05, 3.63) is 34.6 Å². The summed E-state index contributed by atoms with van der Waals surface area (Å²) in [5.41, 5.74) is 0.510. The van der Waals surface area contributed by atoms with E-state index in [-0.39, 0.29) is 29.0 Å². The van der Waals surface area contributed by atoms with Crippen LogP contribution in [-0.2, 0) is 14.4 Å². The summed E-state index contributed by atoms with van der Waals surface area (Å²) in [5, 5.41) is 11.3. The number of nitrogens with one attached hydrogen (secondary N) is 1. The number of carbonyl (C=O) groups excluding carboxylic acids is 2. The maximum Gasteiger partial charge on any atom is 0.313 e. The van der Waals surface area contributed by atoms with Crippen molar-refractivity contribution < 1.29 is 23.9 Å². The molecule has 1 fully saturated rings. The van der Waals surface area contributed by atoms with Crippen molar-refractivity contribution in [2.75, 3.05) is 25.1 Å². The first-order chi connectivity index (χ1) is 11.8. The highest BCUT2D eigenvalue weighted by atomic mass is 35.5. The largest absolute Gasteiger partial charge is 0.481 e. The zero-order chi connectivity index (χ0) is 18.6. The zero-order valence-corrected chi connectivity index (χ0v) is 15.1. The van der Waals surface area contributed by atoms with Crippen molar-refractivity contribution in [1.82, 2.24) is 10.2 Å². The SMILES string of the molecule is CN1C(=O)CC(C(=O)NCCSCC(=O)O)C1c1ccc(Cl)c(F)c1.